The topological polar surface area (TPSA) is 98.0 Å². The second-order valence-corrected chi connectivity index (χ2v) is 7.24. The van der Waals surface area contributed by atoms with Crippen LogP contribution in [0.4, 0.5) is 0 Å². The van der Waals surface area contributed by atoms with Gasteiger partial charge in [0.05, 0.1) is 11.0 Å². The van der Waals surface area contributed by atoms with Crippen molar-refractivity contribution in [3.63, 3.8) is 0 Å². The monoisotopic (exact) mass is 286 g/mol. The molecule has 0 aliphatic heterocycles. The maximum absolute atomic E-state index is 12.4. The SMILES string of the molecule is C=C1C(O)C(=O)C(C)(C)C(C)(O)C(O)C(C)(O)C1(C)C. The van der Waals surface area contributed by atoms with E-state index in [4.69, 9.17) is 0 Å². The van der Waals surface area contributed by atoms with Gasteiger partial charge < -0.3 is 20.4 Å². The van der Waals surface area contributed by atoms with Crippen LogP contribution in [0.3, 0.4) is 0 Å². The van der Waals surface area contributed by atoms with Gasteiger partial charge in [-0.25, -0.2) is 0 Å². The fourth-order valence-corrected chi connectivity index (χ4v) is 2.65. The van der Waals surface area contributed by atoms with Crippen LogP contribution in [0.15, 0.2) is 12.2 Å². The van der Waals surface area contributed by atoms with Crippen molar-refractivity contribution in [2.24, 2.45) is 10.8 Å². The van der Waals surface area contributed by atoms with Gasteiger partial charge in [-0.3, -0.25) is 4.79 Å². The lowest BCUT2D eigenvalue weighted by molar-refractivity contribution is -0.232. The van der Waals surface area contributed by atoms with Crippen molar-refractivity contribution in [2.75, 3.05) is 0 Å². The van der Waals surface area contributed by atoms with Crippen LogP contribution in [-0.2, 0) is 4.79 Å². The normalized spacial score (nSPS) is 44.9. The van der Waals surface area contributed by atoms with E-state index in [1.807, 2.05) is 0 Å². The molecule has 0 saturated heterocycles. The molecular weight excluding hydrogens is 260 g/mol. The second kappa shape index (κ2) is 4.37. The quantitative estimate of drug-likeness (QED) is 0.483. The highest BCUT2D eigenvalue weighted by Gasteiger charge is 2.63. The van der Waals surface area contributed by atoms with E-state index in [9.17, 15) is 25.2 Å². The van der Waals surface area contributed by atoms with Gasteiger partial charge in [0.2, 0.25) is 0 Å². The Balaban J connectivity index is 3.63. The van der Waals surface area contributed by atoms with Crippen molar-refractivity contribution in [3.8, 4) is 0 Å². The highest BCUT2D eigenvalue weighted by Crippen LogP contribution is 2.50. The fourth-order valence-electron chi connectivity index (χ4n) is 2.65. The van der Waals surface area contributed by atoms with Gasteiger partial charge in [0.25, 0.3) is 0 Å². The van der Waals surface area contributed by atoms with E-state index in [2.05, 4.69) is 6.58 Å². The molecule has 116 valence electrons. The Kier molecular flexibility index (Phi) is 3.78. The van der Waals surface area contributed by atoms with Crippen LogP contribution in [0.1, 0.15) is 41.5 Å². The lowest BCUT2D eigenvalue weighted by Crippen LogP contribution is -2.70. The Morgan fingerprint density at radius 3 is 1.65 bits per heavy atom. The maximum Gasteiger partial charge on any atom is 0.174 e. The van der Waals surface area contributed by atoms with E-state index >= 15 is 0 Å². The third-order valence-electron chi connectivity index (χ3n) is 5.59. The molecule has 0 spiro atoms. The van der Waals surface area contributed by atoms with E-state index in [-0.39, 0.29) is 5.57 Å². The highest BCUT2D eigenvalue weighted by molar-refractivity contribution is 5.92. The van der Waals surface area contributed by atoms with E-state index in [0.717, 1.165) is 0 Å². The minimum Gasteiger partial charge on any atom is -0.387 e. The molecule has 1 saturated carbocycles. The molecule has 0 aromatic carbocycles. The second-order valence-electron chi connectivity index (χ2n) is 7.24. The molecule has 1 aliphatic carbocycles. The Labute approximate surface area is 119 Å². The van der Waals surface area contributed by atoms with Crippen molar-refractivity contribution in [1.82, 2.24) is 0 Å². The third kappa shape index (κ3) is 1.88. The molecule has 0 aromatic heterocycles. The summed E-state index contributed by atoms with van der Waals surface area (Å²) in [5.41, 5.74) is -6.17. The van der Waals surface area contributed by atoms with Crippen LogP contribution >= 0.6 is 0 Å². The summed E-state index contributed by atoms with van der Waals surface area (Å²) in [4.78, 5) is 12.4. The number of hydrogen-bond acceptors (Lipinski definition) is 5. The summed E-state index contributed by atoms with van der Waals surface area (Å²) in [6.07, 6.45) is -3.10. The number of carbonyl (C=O) groups is 1. The third-order valence-corrected chi connectivity index (χ3v) is 5.59. The minimum atomic E-state index is -1.91. The summed E-state index contributed by atoms with van der Waals surface area (Å²) in [5, 5.41) is 42.1. The summed E-state index contributed by atoms with van der Waals surface area (Å²) < 4.78 is 0. The number of ketones is 1. The molecule has 1 fully saturated rings. The molecule has 4 atom stereocenters. The van der Waals surface area contributed by atoms with Gasteiger partial charge in [-0.05, 0) is 33.3 Å². The van der Waals surface area contributed by atoms with E-state index in [0.29, 0.717) is 0 Å². The smallest absolute Gasteiger partial charge is 0.174 e. The average Bonchev–Trinajstić information content (AvgIpc) is 2.33. The zero-order valence-corrected chi connectivity index (χ0v) is 13.1. The van der Waals surface area contributed by atoms with Gasteiger partial charge in [0, 0.05) is 5.41 Å². The van der Waals surface area contributed by atoms with Crippen LogP contribution < -0.4 is 0 Å². The first-order valence-electron chi connectivity index (χ1n) is 6.68. The Bertz CT molecular complexity index is 405. The standard InChI is InChI=1S/C15H26O5/c1-8-9(16)10(17)13(4,5)15(7,20)11(18)14(6,19)12(8,2)3/h9,11,16,18-20H,1H2,2-7H3. The molecule has 4 unspecified atom stereocenters. The fraction of sp³-hybridized carbons (Fsp3) is 0.800. The van der Waals surface area contributed by atoms with E-state index < -0.39 is 40.0 Å². The number of rotatable bonds is 0. The van der Waals surface area contributed by atoms with Gasteiger partial charge >= 0.3 is 0 Å². The number of aliphatic hydroxyl groups is 4. The molecule has 4 N–H and O–H groups in total. The maximum atomic E-state index is 12.4. The summed E-state index contributed by atoms with van der Waals surface area (Å²) in [6.45, 7) is 12.4. The van der Waals surface area contributed by atoms with Crippen molar-refractivity contribution >= 4 is 5.78 Å². The molecule has 20 heavy (non-hydrogen) atoms. The molecule has 1 aliphatic rings. The first-order chi connectivity index (χ1) is 8.63. The van der Waals surface area contributed by atoms with Crippen LogP contribution in [0.25, 0.3) is 0 Å². The van der Waals surface area contributed by atoms with Gasteiger partial charge in [0.15, 0.2) is 5.78 Å². The zero-order valence-electron chi connectivity index (χ0n) is 13.1. The van der Waals surface area contributed by atoms with Crippen LogP contribution in [-0.4, -0.2) is 49.6 Å². The van der Waals surface area contributed by atoms with Gasteiger partial charge in [-0.15, -0.1) is 0 Å². The summed E-state index contributed by atoms with van der Waals surface area (Å²) in [5.74, 6) is -0.630. The predicted molar refractivity (Wildman–Crippen MR) is 75.0 cm³/mol. The molecule has 0 heterocycles. The molecule has 0 bridgehead atoms. The van der Waals surface area contributed by atoms with Gasteiger partial charge in [-0.2, -0.15) is 0 Å². The average molecular weight is 286 g/mol. The molecule has 5 nitrogen and oxygen atoms in total. The van der Waals surface area contributed by atoms with E-state index in [1.54, 1.807) is 13.8 Å². The van der Waals surface area contributed by atoms with Crippen molar-refractivity contribution in [1.29, 1.82) is 0 Å². The summed E-state index contributed by atoms with van der Waals surface area (Å²) in [7, 11) is 0. The van der Waals surface area contributed by atoms with Crippen molar-refractivity contribution in [2.45, 2.75) is 65.0 Å². The molecular formula is C15H26O5. The largest absolute Gasteiger partial charge is 0.387 e. The van der Waals surface area contributed by atoms with Crippen LogP contribution in [0, 0.1) is 10.8 Å². The summed E-state index contributed by atoms with van der Waals surface area (Å²) >= 11 is 0. The first-order valence-corrected chi connectivity index (χ1v) is 6.68. The zero-order chi connectivity index (χ0) is 16.3. The van der Waals surface area contributed by atoms with Gasteiger partial charge in [-0.1, -0.05) is 20.4 Å². The Morgan fingerprint density at radius 2 is 1.25 bits per heavy atom. The molecule has 0 radical (unpaired) electrons. The number of Topliss-reactive ketones (excluding diaryl/α,β-unsaturated/α-hetero) is 1. The molecule has 0 amide bonds. The Hall–Kier alpha value is -0.750. The lowest BCUT2D eigenvalue weighted by atomic mass is 9.55. The summed E-state index contributed by atoms with van der Waals surface area (Å²) in [6, 6.07) is 0. The van der Waals surface area contributed by atoms with Crippen LogP contribution in [0.5, 0.6) is 0 Å². The van der Waals surface area contributed by atoms with E-state index in [1.165, 1.54) is 27.7 Å². The first kappa shape index (κ1) is 17.3. The predicted octanol–water partition coefficient (Wildman–Crippen LogP) is 0.401. The minimum absolute atomic E-state index is 0.120. The van der Waals surface area contributed by atoms with Crippen LogP contribution in [0.2, 0.25) is 0 Å². The highest BCUT2D eigenvalue weighted by atomic mass is 16.4. The number of hydrogen-bond donors (Lipinski definition) is 4. The Morgan fingerprint density at radius 1 is 0.900 bits per heavy atom. The molecule has 0 aromatic rings. The van der Waals surface area contributed by atoms with Crippen molar-refractivity contribution in [3.05, 3.63) is 12.2 Å². The lowest BCUT2D eigenvalue weighted by Gasteiger charge is -2.55. The number of aliphatic hydroxyl groups excluding tert-OH is 2. The number of carbonyl (C=O) groups excluding carboxylic acids is 1. The van der Waals surface area contributed by atoms with Crippen molar-refractivity contribution < 1.29 is 25.2 Å². The molecule has 1 rings (SSSR count). The molecule has 5 heteroatoms. The van der Waals surface area contributed by atoms with Gasteiger partial charge in [0.1, 0.15) is 17.8 Å².